The van der Waals surface area contributed by atoms with Crippen molar-refractivity contribution in [3.63, 3.8) is 0 Å². The van der Waals surface area contributed by atoms with E-state index in [-0.39, 0.29) is 18.4 Å². The first-order valence-electron chi connectivity index (χ1n) is 7.92. The minimum absolute atomic E-state index is 0. The summed E-state index contributed by atoms with van der Waals surface area (Å²) < 4.78 is 5.72. The van der Waals surface area contributed by atoms with Gasteiger partial charge in [0.05, 0.1) is 6.61 Å². The number of halogens is 1. The van der Waals surface area contributed by atoms with Gasteiger partial charge in [-0.05, 0) is 50.4 Å². The molecule has 0 aromatic heterocycles. The Bertz CT molecular complexity index is 412. The van der Waals surface area contributed by atoms with Crippen molar-refractivity contribution in [1.29, 1.82) is 0 Å². The van der Waals surface area contributed by atoms with Crippen molar-refractivity contribution >= 4 is 12.4 Å². The van der Waals surface area contributed by atoms with Crippen molar-refractivity contribution in [2.45, 2.75) is 58.2 Å². The van der Waals surface area contributed by atoms with E-state index >= 15 is 0 Å². The van der Waals surface area contributed by atoms with Gasteiger partial charge in [-0.15, -0.1) is 12.4 Å². The summed E-state index contributed by atoms with van der Waals surface area (Å²) in [4.78, 5) is 2.53. The van der Waals surface area contributed by atoms with Gasteiger partial charge in [0.1, 0.15) is 5.75 Å². The average molecular weight is 313 g/mol. The van der Waals surface area contributed by atoms with E-state index in [1.165, 1.54) is 24.8 Å². The van der Waals surface area contributed by atoms with Gasteiger partial charge in [0.2, 0.25) is 0 Å². The molecule has 120 valence electrons. The van der Waals surface area contributed by atoms with Crippen LogP contribution in [0.3, 0.4) is 0 Å². The fourth-order valence-electron chi connectivity index (χ4n) is 3.00. The summed E-state index contributed by atoms with van der Waals surface area (Å²) in [6.45, 7) is 7.19. The first kappa shape index (κ1) is 18.3. The van der Waals surface area contributed by atoms with Gasteiger partial charge in [-0.25, -0.2) is 0 Å². The number of hydrogen-bond donors (Lipinski definition) is 1. The Balaban J connectivity index is 0.00000220. The molecule has 21 heavy (non-hydrogen) atoms. The van der Waals surface area contributed by atoms with Gasteiger partial charge in [0.15, 0.2) is 0 Å². The highest BCUT2D eigenvalue weighted by Crippen LogP contribution is 2.23. The zero-order valence-electron chi connectivity index (χ0n) is 13.3. The molecule has 2 atom stereocenters. The van der Waals surface area contributed by atoms with Gasteiger partial charge in [0.25, 0.3) is 0 Å². The quantitative estimate of drug-likeness (QED) is 0.872. The molecule has 2 unspecified atom stereocenters. The molecule has 3 nitrogen and oxygen atoms in total. The standard InChI is InChI=1S/C17H28N2O.ClH/c1-3-11-20-16-8-6-7-15(12-16)13-19-10-5-4-9-17(19)14(2)18;/h6-8,12,14,17H,3-5,9-11,13,18H2,1-2H3;1H. The summed E-state index contributed by atoms with van der Waals surface area (Å²) in [7, 11) is 0. The van der Waals surface area contributed by atoms with Gasteiger partial charge in [-0.2, -0.15) is 0 Å². The van der Waals surface area contributed by atoms with E-state index in [1.807, 2.05) is 6.07 Å². The average Bonchev–Trinajstić information content (AvgIpc) is 2.46. The number of nitrogens with two attached hydrogens (primary N) is 1. The zero-order chi connectivity index (χ0) is 14.4. The van der Waals surface area contributed by atoms with Crippen molar-refractivity contribution in [3.8, 4) is 5.75 Å². The number of piperidine rings is 1. The molecule has 0 saturated carbocycles. The minimum atomic E-state index is 0. The third kappa shape index (κ3) is 5.50. The molecule has 2 N–H and O–H groups in total. The Morgan fingerprint density at radius 1 is 1.38 bits per heavy atom. The highest BCUT2D eigenvalue weighted by Gasteiger charge is 2.25. The molecule has 2 rings (SSSR count). The van der Waals surface area contributed by atoms with Crippen LogP contribution in [0.5, 0.6) is 5.75 Å². The summed E-state index contributed by atoms with van der Waals surface area (Å²) in [6.07, 6.45) is 4.87. The summed E-state index contributed by atoms with van der Waals surface area (Å²) in [5.74, 6) is 0.985. The normalized spacial score (nSPS) is 20.6. The van der Waals surface area contributed by atoms with Gasteiger partial charge < -0.3 is 10.5 Å². The second kappa shape index (κ2) is 9.29. The molecular formula is C17H29ClN2O. The summed E-state index contributed by atoms with van der Waals surface area (Å²) in [5.41, 5.74) is 7.47. The van der Waals surface area contributed by atoms with E-state index in [9.17, 15) is 0 Å². The maximum absolute atomic E-state index is 6.14. The maximum Gasteiger partial charge on any atom is 0.119 e. The molecule has 0 amide bonds. The van der Waals surface area contributed by atoms with Crippen LogP contribution in [0.15, 0.2) is 24.3 Å². The van der Waals surface area contributed by atoms with Crippen LogP contribution in [0, 0.1) is 0 Å². The largest absolute Gasteiger partial charge is 0.494 e. The van der Waals surface area contributed by atoms with Crippen LogP contribution in [-0.2, 0) is 6.54 Å². The molecule has 4 heteroatoms. The van der Waals surface area contributed by atoms with Crippen LogP contribution < -0.4 is 10.5 Å². The molecule has 1 aliphatic heterocycles. The third-order valence-corrected chi connectivity index (χ3v) is 4.03. The highest BCUT2D eigenvalue weighted by atomic mass is 35.5. The van der Waals surface area contributed by atoms with Crippen molar-refractivity contribution in [2.75, 3.05) is 13.2 Å². The minimum Gasteiger partial charge on any atom is -0.494 e. The second-order valence-corrected chi connectivity index (χ2v) is 5.89. The lowest BCUT2D eigenvalue weighted by Crippen LogP contribution is -2.48. The van der Waals surface area contributed by atoms with Gasteiger partial charge in [-0.3, -0.25) is 4.90 Å². The smallest absolute Gasteiger partial charge is 0.119 e. The van der Waals surface area contributed by atoms with E-state index in [2.05, 4.69) is 36.9 Å². The predicted molar refractivity (Wildman–Crippen MR) is 91.2 cm³/mol. The lowest BCUT2D eigenvalue weighted by Gasteiger charge is -2.38. The molecule has 0 bridgehead atoms. The summed E-state index contributed by atoms with van der Waals surface area (Å²) in [5, 5.41) is 0. The van der Waals surface area contributed by atoms with E-state index in [0.29, 0.717) is 6.04 Å². The van der Waals surface area contributed by atoms with Crippen LogP contribution >= 0.6 is 12.4 Å². The SMILES string of the molecule is CCCOc1cccc(CN2CCCCC2C(C)N)c1.Cl. The Morgan fingerprint density at radius 2 is 2.19 bits per heavy atom. The lowest BCUT2D eigenvalue weighted by atomic mass is 9.96. The molecule has 1 aromatic carbocycles. The zero-order valence-corrected chi connectivity index (χ0v) is 14.1. The number of rotatable bonds is 6. The van der Waals surface area contributed by atoms with Gasteiger partial charge >= 0.3 is 0 Å². The van der Waals surface area contributed by atoms with Gasteiger partial charge in [-0.1, -0.05) is 25.5 Å². The molecular weight excluding hydrogens is 284 g/mol. The fourth-order valence-corrected chi connectivity index (χ4v) is 3.00. The molecule has 0 aliphatic carbocycles. The molecule has 1 heterocycles. The second-order valence-electron chi connectivity index (χ2n) is 5.89. The van der Waals surface area contributed by atoms with Crippen molar-refractivity contribution in [2.24, 2.45) is 5.73 Å². The summed E-state index contributed by atoms with van der Waals surface area (Å²) in [6, 6.07) is 9.25. The van der Waals surface area contributed by atoms with Crippen LogP contribution in [0.2, 0.25) is 0 Å². The van der Waals surface area contributed by atoms with Crippen LogP contribution in [0.4, 0.5) is 0 Å². The topological polar surface area (TPSA) is 38.5 Å². The first-order chi connectivity index (χ1) is 9.70. The molecule has 0 radical (unpaired) electrons. The Morgan fingerprint density at radius 3 is 2.90 bits per heavy atom. The number of likely N-dealkylation sites (tertiary alicyclic amines) is 1. The molecule has 1 aliphatic rings. The molecule has 1 fully saturated rings. The van der Waals surface area contributed by atoms with Gasteiger partial charge in [0, 0.05) is 18.6 Å². The third-order valence-electron chi connectivity index (χ3n) is 4.03. The summed E-state index contributed by atoms with van der Waals surface area (Å²) >= 11 is 0. The van der Waals surface area contributed by atoms with Crippen LogP contribution in [-0.4, -0.2) is 30.1 Å². The fraction of sp³-hybridized carbons (Fsp3) is 0.647. The predicted octanol–water partition coefficient (Wildman–Crippen LogP) is 3.60. The first-order valence-corrected chi connectivity index (χ1v) is 7.92. The van der Waals surface area contributed by atoms with Crippen molar-refractivity contribution in [3.05, 3.63) is 29.8 Å². The van der Waals surface area contributed by atoms with Crippen molar-refractivity contribution in [1.82, 2.24) is 4.90 Å². The monoisotopic (exact) mass is 312 g/mol. The molecule has 0 spiro atoms. The van der Waals surface area contributed by atoms with E-state index in [1.54, 1.807) is 0 Å². The maximum atomic E-state index is 6.14. The van der Waals surface area contributed by atoms with E-state index in [4.69, 9.17) is 10.5 Å². The number of ether oxygens (including phenoxy) is 1. The Labute approximate surface area is 135 Å². The Kier molecular flexibility index (Phi) is 8.09. The van der Waals surface area contributed by atoms with Crippen LogP contribution in [0.1, 0.15) is 45.1 Å². The Hall–Kier alpha value is -0.770. The number of benzene rings is 1. The van der Waals surface area contributed by atoms with E-state index in [0.717, 1.165) is 31.9 Å². The van der Waals surface area contributed by atoms with Crippen molar-refractivity contribution < 1.29 is 4.74 Å². The van der Waals surface area contributed by atoms with E-state index < -0.39 is 0 Å². The highest BCUT2D eigenvalue weighted by molar-refractivity contribution is 5.85. The lowest BCUT2D eigenvalue weighted by molar-refractivity contribution is 0.123. The number of hydrogen-bond acceptors (Lipinski definition) is 3. The number of nitrogens with zero attached hydrogens (tertiary/aromatic N) is 1. The molecule has 1 aromatic rings. The van der Waals surface area contributed by atoms with Crippen LogP contribution in [0.25, 0.3) is 0 Å². The molecule has 1 saturated heterocycles.